The molecule has 0 fully saturated rings. The van der Waals surface area contributed by atoms with Crippen molar-refractivity contribution in [2.24, 2.45) is 0 Å². The summed E-state index contributed by atoms with van der Waals surface area (Å²) in [6.07, 6.45) is -4.79. The number of alkyl halides is 5. The highest BCUT2D eigenvalue weighted by Gasteiger charge is 2.40. The zero-order valence-corrected chi connectivity index (χ0v) is 15.5. The third kappa shape index (κ3) is 4.70. The molecule has 0 bridgehead atoms. The summed E-state index contributed by atoms with van der Waals surface area (Å²) in [6, 6.07) is 2.17. The van der Waals surface area contributed by atoms with Gasteiger partial charge in [-0.15, -0.1) is 0 Å². The van der Waals surface area contributed by atoms with E-state index < -0.39 is 40.1 Å². The molecule has 0 saturated carbocycles. The van der Waals surface area contributed by atoms with E-state index in [9.17, 15) is 26.7 Å². The topological polar surface area (TPSA) is 20.3 Å². The minimum Gasteiger partial charge on any atom is -0.340 e. The predicted molar refractivity (Wildman–Crippen MR) is 86.6 cm³/mol. The molecule has 1 aromatic rings. The number of hydrogen-bond acceptors (Lipinski definition) is 1. The molecule has 0 heterocycles. The summed E-state index contributed by atoms with van der Waals surface area (Å²) >= 11 is 0. The van der Waals surface area contributed by atoms with Crippen LogP contribution in [0.3, 0.4) is 0 Å². The zero-order chi connectivity index (χ0) is 20.0. The molecule has 1 rings (SSSR count). The lowest BCUT2D eigenvalue weighted by Gasteiger charge is -2.38. The van der Waals surface area contributed by atoms with Crippen LogP contribution in [0, 0.1) is 0 Å². The molecule has 0 atom stereocenters. The van der Waals surface area contributed by atoms with Gasteiger partial charge in [0.2, 0.25) is 5.91 Å². The van der Waals surface area contributed by atoms with Gasteiger partial charge in [-0.05, 0) is 58.4 Å². The molecule has 0 aliphatic carbocycles. The minimum atomic E-state index is -4.79. The van der Waals surface area contributed by atoms with E-state index in [1.807, 2.05) is 0 Å². The van der Waals surface area contributed by atoms with E-state index in [1.165, 1.54) is 25.8 Å². The lowest BCUT2D eigenvalue weighted by atomic mass is 9.80. The van der Waals surface area contributed by atoms with E-state index in [0.717, 1.165) is 12.1 Å². The number of carbonyl (C=O) groups excluding carboxylic acids is 1. The van der Waals surface area contributed by atoms with Crippen LogP contribution in [0.1, 0.15) is 58.2 Å². The van der Waals surface area contributed by atoms with Crippen LogP contribution in [0.25, 0.3) is 0 Å². The Morgan fingerprint density at radius 1 is 0.800 bits per heavy atom. The Kier molecular flexibility index (Phi) is 5.35. The van der Waals surface area contributed by atoms with Crippen LogP contribution < -0.4 is 0 Å². The maximum atomic E-state index is 13.7. The SMILES string of the molecule is CN(C(=O)C(C)(C)c1cc(C(C)(F)F)cc(C(F)(F)F)c1)C(C)(C)C. The summed E-state index contributed by atoms with van der Waals surface area (Å²) in [4.78, 5) is 14.2. The monoisotopic (exact) mass is 365 g/mol. The van der Waals surface area contributed by atoms with Crippen LogP contribution in [0.2, 0.25) is 0 Å². The Bertz CT molecular complexity index is 619. The maximum Gasteiger partial charge on any atom is 0.416 e. The van der Waals surface area contributed by atoms with Gasteiger partial charge in [0.25, 0.3) is 5.92 Å². The highest BCUT2D eigenvalue weighted by Crippen LogP contribution is 2.39. The van der Waals surface area contributed by atoms with E-state index in [0.29, 0.717) is 13.0 Å². The molecule has 0 radical (unpaired) electrons. The summed E-state index contributed by atoms with van der Waals surface area (Å²) < 4.78 is 66.8. The number of benzene rings is 1. The zero-order valence-electron chi connectivity index (χ0n) is 15.5. The van der Waals surface area contributed by atoms with Crippen LogP contribution >= 0.6 is 0 Å². The van der Waals surface area contributed by atoms with Gasteiger partial charge in [-0.3, -0.25) is 4.79 Å². The van der Waals surface area contributed by atoms with E-state index >= 15 is 0 Å². The van der Waals surface area contributed by atoms with E-state index in [2.05, 4.69) is 0 Å². The largest absolute Gasteiger partial charge is 0.416 e. The first-order valence-electron chi connectivity index (χ1n) is 7.78. The van der Waals surface area contributed by atoms with E-state index in [-0.39, 0.29) is 5.56 Å². The Hall–Kier alpha value is -1.66. The summed E-state index contributed by atoms with van der Waals surface area (Å²) in [5.41, 5.74) is -4.02. The number of hydrogen-bond donors (Lipinski definition) is 0. The molecular weight excluding hydrogens is 341 g/mol. The van der Waals surface area contributed by atoms with Crippen LogP contribution in [-0.2, 0) is 22.3 Å². The van der Waals surface area contributed by atoms with Crippen molar-refractivity contribution < 1.29 is 26.7 Å². The molecular formula is C18H24F5NO. The maximum absolute atomic E-state index is 13.7. The smallest absolute Gasteiger partial charge is 0.340 e. The number of carbonyl (C=O) groups is 1. The molecule has 1 aromatic carbocycles. The summed E-state index contributed by atoms with van der Waals surface area (Å²) in [5.74, 6) is -3.91. The fourth-order valence-electron chi connectivity index (χ4n) is 2.25. The molecule has 7 heteroatoms. The van der Waals surface area contributed by atoms with Crippen molar-refractivity contribution in [3.05, 3.63) is 34.9 Å². The summed E-state index contributed by atoms with van der Waals surface area (Å²) in [7, 11) is 1.53. The fourth-order valence-corrected chi connectivity index (χ4v) is 2.25. The normalized spacial score (nSPS) is 13.8. The molecule has 0 saturated heterocycles. The third-order valence-corrected chi connectivity index (χ3v) is 4.33. The van der Waals surface area contributed by atoms with Crippen molar-refractivity contribution in [1.29, 1.82) is 0 Å². The number of amides is 1. The first-order chi connectivity index (χ1) is 10.9. The predicted octanol–water partition coefficient (Wildman–Crippen LogP) is 5.35. The molecule has 0 unspecified atom stereocenters. The van der Waals surface area contributed by atoms with Gasteiger partial charge >= 0.3 is 6.18 Å². The Labute approximate surface area is 145 Å². The average molecular weight is 365 g/mol. The lowest BCUT2D eigenvalue weighted by molar-refractivity contribution is -0.140. The van der Waals surface area contributed by atoms with Crippen LogP contribution in [0.15, 0.2) is 18.2 Å². The van der Waals surface area contributed by atoms with Gasteiger partial charge in [-0.25, -0.2) is 8.78 Å². The van der Waals surface area contributed by atoms with Gasteiger partial charge in [0, 0.05) is 25.1 Å². The molecule has 142 valence electrons. The summed E-state index contributed by atoms with van der Waals surface area (Å²) in [5, 5.41) is 0. The minimum absolute atomic E-state index is 0.0973. The van der Waals surface area contributed by atoms with Crippen molar-refractivity contribution in [1.82, 2.24) is 4.90 Å². The van der Waals surface area contributed by atoms with Crippen molar-refractivity contribution in [2.45, 2.75) is 64.6 Å². The Morgan fingerprint density at radius 3 is 1.56 bits per heavy atom. The standard InChI is InChI=1S/C18H24F5NO/c1-15(2,3)24(7)14(25)16(4,5)11-8-12(17(6,19)20)10-13(9-11)18(21,22)23/h8-10H,1-7H3. The van der Waals surface area contributed by atoms with Crippen molar-refractivity contribution >= 4 is 5.91 Å². The van der Waals surface area contributed by atoms with Gasteiger partial charge in [-0.1, -0.05) is 0 Å². The highest BCUT2D eigenvalue weighted by molar-refractivity contribution is 5.88. The third-order valence-electron chi connectivity index (χ3n) is 4.33. The van der Waals surface area contributed by atoms with Gasteiger partial charge in [0.05, 0.1) is 11.0 Å². The van der Waals surface area contributed by atoms with Gasteiger partial charge < -0.3 is 4.90 Å². The van der Waals surface area contributed by atoms with Crippen LogP contribution in [-0.4, -0.2) is 23.4 Å². The molecule has 25 heavy (non-hydrogen) atoms. The van der Waals surface area contributed by atoms with E-state index in [1.54, 1.807) is 20.8 Å². The molecule has 0 aromatic heterocycles. The van der Waals surface area contributed by atoms with Gasteiger partial charge in [0.15, 0.2) is 0 Å². The van der Waals surface area contributed by atoms with Gasteiger partial charge in [0.1, 0.15) is 0 Å². The van der Waals surface area contributed by atoms with Gasteiger partial charge in [-0.2, -0.15) is 13.2 Å². The molecule has 1 amide bonds. The number of likely N-dealkylation sites (N-methyl/N-ethyl adjacent to an activating group) is 1. The Balaban J connectivity index is 3.56. The summed E-state index contributed by atoms with van der Waals surface area (Å²) in [6.45, 7) is 8.73. The second kappa shape index (κ2) is 6.25. The second-order valence-corrected chi connectivity index (χ2v) is 7.85. The molecule has 0 aliphatic rings. The van der Waals surface area contributed by atoms with E-state index in [4.69, 9.17) is 0 Å². The lowest BCUT2D eigenvalue weighted by Crippen LogP contribution is -2.50. The molecule has 0 N–H and O–H groups in total. The highest BCUT2D eigenvalue weighted by atomic mass is 19.4. The number of halogens is 5. The molecule has 0 aliphatic heterocycles. The van der Waals surface area contributed by atoms with Crippen LogP contribution in [0.4, 0.5) is 22.0 Å². The fraction of sp³-hybridized carbons (Fsp3) is 0.611. The molecule has 0 spiro atoms. The average Bonchev–Trinajstić information content (AvgIpc) is 2.42. The van der Waals surface area contributed by atoms with Crippen molar-refractivity contribution in [3.63, 3.8) is 0 Å². The second-order valence-electron chi connectivity index (χ2n) is 7.85. The number of rotatable bonds is 3. The van der Waals surface area contributed by atoms with Crippen LogP contribution in [0.5, 0.6) is 0 Å². The number of nitrogens with zero attached hydrogens (tertiary/aromatic N) is 1. The first-order valence-corrected chi connectivity index (χ1v) is 7.78. The molecule has 2 nitrogen and oxygen atoms in total. The Morgan fingerprint density at radius 2 is 1.20 bits per heavy atom. The van der Waals surface area contributed by atoms with Crippen molar-refractivity contribution in [2.75, 3.05) is 7.05 Å². The van der Waals surface area contributed by atoms with Crippen molar-refractivity contribution in [3.8, 4) is 0 Å². The first kappa shape index (κ1) is 21.4. The quantitative estimate of drug-likeness (QED) is 0.661.